The van der Waals surface area contributed by atoms with Crippen molar-refractivity contribution in [2.75, 3.05) is 19.5 Å². The molecule has 0 fully saturated rings. The highest BCUT2D eigenvalue weighted by atomic mass is 16.5. The normalized spacial score (nSPS) is 11.8. The number of ether oxygens (including phenoxy) is 1. The van der Waals surface area contributed by atoms with Crippen LogP contribution < -0.4 is 10.1 Å². The number of nitrogens with one attached hydrogen (secondary N) is 1. The van der Waals surface area contributed by atoms with Gasteiger partial charge in [-0.2, -0.15) is 5.10 Å². The molecule has 124 valence electrons. The molecule has 1 aromatic heterocycles. The van der Waals surface area contributed by atoms with Gasteiger partial charge >= 0.3 is 6.03 Å². The van der Waals surface area contributed by atoms with Gasteiger partial charge in [-0.15, -0.1) is 0 Å². The highest BCUT2D eigenvalue weighted by Crippen LogP contribution is 2.20. The number of hydrogen-bond donors (Lipinski definition) is 1. The second kappa shape index (κ2) is 7.67. The second-order valence-electron chi connectivity index (χ2n) is 5.49. The number of nitrogens with zero attached hydrogens (tertiary/aromatic N) is 3. The lowest BCUT2D eigenvalue weighted by Gasteiger charge is -2.25. The Bertz CT molecular complexity index is 654. The highest BCUT2D eigenvalue weighted by Gasteiger charge is 2.18. The molecular weight excluding hydrogens is 292 g/mol. The van der Waals surface area contributed by atoms with Crippen LogP contribution in [0.5, 0.6) is 5.75 Å². The number of methoxy groups -OCH3 is 1. The van der Waals surface area contributed by atoms with Gasteiger partial charge < -0.3 is 15.0 Å². The largest absolute Gasteiger partial charge is 0.496 e. The topological polar surface area (TPSA) is 59.4 Å². The van der Waals surface area contributed by atoms with Crippen molar-refractivity contribution in [1.82, 2.24) is 14.7 Å². The smallest absolute Gasteiger partial charge is 0.321 e. The molecule has 0 radical (unpaired) electrons. The number of rotatable bonds is 6. The van der Waals surface area contributed by atoms with Gasteiger partial charge in [-0.05, 0) is 31.9 Å². The average molecular weight is 316 g/mol. The van der Waals surface area contributed by atoms with E-state index >= 15 is 0 Å². The van der Waals surface area contributed by atoms with Crippen LogP contribution in [-0.4, -0.2) is 40.9 Å². The van der Waals surface area contributed by atoms with Crippen LogP contribution in [0.2, 0.25) is 0 Å². The van der Waals surface area contributed by atoms with E-state index in [4.69, 9.17) is 4.74 Å². The average Bonchev–Trinajstić information content (AvgIpc) is 3.02. The van der Waals surface area contributed by atoms with Gasteiger partial charge in [0.1, 0.15) is 5.75 Å². The Balaban J connectivity index is 1.98. The first-order valence-electron chi connectivity index (χ1n) is 7.73. The lowest BCUT2D eigenvalue weighted by molar-refractivity contribution is 0.207. The van der Waals surface area contributed by atoms with Crippen molar-refractivity contribution in [3.05, 3.63) is 42.2 Å². The molecule has 0 unspecified atom stereocenters. The fourth-order valence-electron chi connectivity index (χ4n) is 2.34. The van der Waals surface area contributed by atoms with E-state index in [0.717, 1.165) is 24.3 Å². The van der Waals surface area contributed by atoms with Crippen LogP contribution in [0, 0.1) is 0 Å². The van der Waals surface area contributed by atoms with Crippen LogP contribution in [0.3, 0.4) is 0 Å². The van der Waals surface area contributed by atoms with Crippen molar-refractivity contribution in [1.29, 1.82) is 0 Å². The number of carbonyl (C=O) groups is 1. The summed E-state index contributed by atoms with van der Waals surface area (Å²) >= 11 is 0. The van der Waals surface area contributed by atoms with E-state index in [9.17, 15) is 4.79 Å². The number of aromatic nitrogens is 2. The Morgan fingerprint density at radius 2 is 2.17 bits per heavy atom. The van der Waals surface area contributed by atoms with Gasteiger partial charge in [-0.25, -0.2) is 4.79 Å². The predicted octanol–water partition coefficient (Wildman–Crippen LogP) is 3.01. The molecule has 0 spiro atoms. The molecule has 1 atom stereocenters. The highest BCUT2D eigenvalue weighted by molar-refractivity contribution is 5.89. The minimum Gasteiger partial charge on any atom is -0.496 e. The molecule has 1 heterocycles. The minimum absolute atomic E-state index is 0.0347. The van der Waals surface area contributed by atoms with Crippen LogP contribution in [0.1, 0.15) is 19.4 Å². The monoisotopic (exact) mass is 316 g/mol. The van der Waals surface area contributed by atoms with Gasteiger partial charge in [-0.1, -0.05) is 18.2 Å². The van der Waals surface area contributed by atoms with E-state index in [-0.39, 0.29) is 12.1 Å². The molecular formula is C17H24N4O2. The Kier molecular flexibility index (Phi) is 5.62. The first-order chi connectivity index (χ1) is 11.0. The zero-order valence-corrected chi connectivity index (χ0v) is 14.1. The summed E-state index contributed by atoms with van der Waals surface area (Å²) in [4.78, 5) is 14.0. The molecule has 1 N–H and O–H groups in total. The molecule has 2 amide bonds. The number of anilines is 1. The van der Waals surface area contributed by atoms with Gasteiger partial charge in [-0.3, -0.25) is 4.68 Å². The lowest BCUT2D eigenvalue weighted by atomic mass is 10.1. The minimum atomic E-state index is -0.150. The summed E-state index contributed by atoms with van der Waals surface area (Å²) in [6, 6.07) is 7.75. The number of likely N-dealkylation sites (N-methyl/N-ethyl adjacent to an activating group) is 1. The third kappa shape index (κ3) is 4.25. The van der Waals surface area contributed by atoms with E-state index in [2.05, 4.69) is 10.4 Å². The maximum atomic E-state index is 12.3. The van der Waals surface area contributed by atoms with Crippen molar-refractivity contribution in [3.8, 4) is 5.75 Å². The quantitative estimate of drug-likeness (QED) is 0.891. The molecule has 0 aliphatic carbocycles. The summed E-state index contributed by atoms with van der Waals surface area (Å²) in [7, 11) is 3.45. The van der Waals surface area contributed by atoms with Crippen molar-refractivity contribution in [2.45, 2.75) is 32.9 Å². The lowest BCUT2D eigenvalue weighted by Crippen LogP contribution is -2.39. The fourth-order valence-corrected chi connectivity index (χ4v) is 2.34. The number of benzene rings is 1. The van der Waals surface area contributed by atoms with Gasteiger partial charge in [0.15, 0.2) is 0 Å². The standard InChI is InChI=1S/C17H24N4O2/c1-5-21-12-15(11-18-21)19-17(22)20(3)13(2)10-14-8-6-7-9-16(14)23-4/h6-9,11-13H,5,10H2,1-4H3,(H,19,22)/t13-/m0/s1. The maximum Gasteiger partial charge on any atom is 0.321 e. The first kappa shape index (κ1) is 16.9. The van der Waals surface area contributed by atoms with Crippen LogP contribution in [0.25, 0.3) is 0 Å². The number of amides is 2. The van der Waals surface area contributed by atoms with Crippen LogP contribution in [-0.2, 0) is 13.0 Å². The van der Waals surface area contributed by atoms with E-state index in [0.29, 0.717) is 5.69 Å². The SMILES string of the molecule is CCn1cc(NC(=O)N(C)[C@@H](C)Cc2ccccc2OC)cn1. The molecule has 6 heteroatoms. The summed E-state index contributed by atoms with van der Waals surface area (Å²) in [5, 5.41) is 7.01. The first-order valence-corrected chi connectivity index (χ1v) is 7.73. The van der Waals surface area contributed by atoms with Crippen LogP contribution >= 0.6 is 0 Å². The number of urea groups is 1. The molecule has 1 aromatic carbocycles. The van der Waals surface area contributed by atoms with E-state index in [1.165, 1.54) is 0 Å². The molecule has 2 rings (SSSR count). The van der Waals surface area contributed by atoms with Crippen LogP contribution in [0.15, 0.2) is 36.7 Å². The zero-order chi connectivity index (χ0) is 16.8. The third-order valence-electron chi connectivity index (χ3n) is 3.90. The Labute approximate surface area is 137 Å². The Morgan fingerprint density at radius 3 is 2.83 bits per heavy atom. The van der Waals surface area contributed by atoms with Gasteiger partial charge in [0.25, 0.3) is 0 Å². The summed E-state index contributed by atoms with van der Waals surface area (Å²) in [6.45, 7) is 4.79. The Hall–Kier alpha value is -2.50. The van der Waals surface area contributed by atoms with Gasteiger partial charge in [0, 0.05) is 25.8 Å². The van der Waals surface area contributed by atoms with Crippen molar-refractivity contribution >= 4 is 11.7 Å². The molecule has 0 aliphatic heterocycles. The molecule has 0 bridgehead atoms. The van der Waals surface area contributed by atoms with Crippen molar-refractivity contribution in [3.63, 3.8) is 0 Å². The number of aryl methyl sites for hydroxylation is 1. The summed E-state index contributed by atoms with van der Waals surface area (Å²) in [5.41, 5.74) is 1.79. The number of para-hydroxylation sites is 1. The zero-order valence-electron chi connectivity index (χ0n) is 14.1. The van der Waals surface area contributed by atoms with Gasteiger partial charge in [0.2, 0.25) is 0 Å². The third-order valence-corrected chi connectivity index (χ3v) is 3.90. The molecule has 0 saturated carbocycles. The van der Waals surface area contributed by atoms with Crippen molar-refractivity contribution < 1.29 is 9.53 Å². The van der Waals surface area contributed by atoms with E-state index in [1.54, 1.807) is 29.9 Å². The number of carbonyl (C=O) groups excluding carboxylic acids is 1. The second-order valence-corrected chi connectivity index (χ2v) is 5.49. The molecule has 0 aliphatic rings. The molecule has 0 saturated heterocycles. The summed E-state index contributed by atoms with van der Waals surface area (Å²) < 4.78 is 7.14. The summed E-state index contributed by atoms with van der Waals surface area (Å²) in [5.74, 6) is 0.845. The van der Waals surface area contributed by atoms with Crippen LogP contribution in [0.4, 0.5) is 10.5 Å². The molecule has 23 heavy (non-hydrogen) atoms. The molecule has 2 aromatic rings. The number of hydrogen-bond acceptors (Lipinski definition) is 3. The fraction of sp³-hybridized carbons (Fsp3) is 0.412. The van der Waals surface area contributed by atoms with Gasteiger partial charge in [0.05, 0.1) is 19.0 Å². The Morgan fingerprint density at radius 1 is 1.43 bits per heavy atom. The van der Waals surface area contributed by atoms with E-state index in [1.807, 2.05) is 44.3 Å². The van der Waals surface area contributed by atoms with E-state index < -0.39 is 0 Å². The van der Waals surface area contributed by atoms with Crippen molar-refractivity contribution in [2.24, 2.45) is 0 Å². The predicted molar refractivity (Wildman–Crippen MR) is 90.8 cm³/mol. The maximum absolute atomic E-state index is 12.3. The molecule has 6 nitrogen and oxygen atoms in total. The summed E-state index contributed by atoms with van der Waals surface area (Å²) in [6.07, 6.45) is 4.19.